The van der Waals surface area contributed by atoms with Crippen LogP contribution in [0.25, 0.3) is 21.9 Å². The Hall–Kier alpha value is -3.34. The van der Waals surface area contributed by atoms with Crippen LogP contribution in [-0.4, -0.2) is 49.4 Å². The Morgan fingerprint density at radius 2 is 1.75 bits per heavy atom. The Labute approximate surface area is 164 Å². The van der Waals surface area contributed by atoms with Gasteiger partial charge in [-0.3, -0.25) is 9.59 Å². The van der Waals surface area contributed by atoms with Crippen LogP contribution >= 0.6 is 0 Å². The summed E-state index contributed by atoms with van der Waals surface area (Å²) in [4.78, 5) is 27.3. The minimum atomic E-state index is -0.0828. The molecule has 0 unspecified atom stereocenters. The minimum absolute atomic E-state index is 0.00360. The van der Waals surface area contributed by atoms with E-state index in [9.17, 15) is 9.59 Å². The molecule has 1 heterocycles. The van der Waals surface area contributed by atoms with Gasteiger partial charge in [0.15, 0.2) is 6.61 Å². The number of carbonyl (C=O) groups is 2. The number of ether oxygens (including phenoxy) is 1. The van der Waals surface area contributed by atoms with Crippen LogP contribution in [0.2, 0.25) is 0 Å². The molecule has 5 nitrogen and oxygen atoms in total. The lowest BCUT2D eigenvalue weighted by molar-refractivity contribution is -0.130. The third-order valence-corrected chi connectivity index (χ3v) is 5.13. The quantitative estimate of drug-likeness (QED) is 0.702. The molecule has 3 aromatic carbocycles. The molecule has 0 bridgehead atoms. The van der Waals surface area contributed by atoms with Crippen LogP contribution in [0.1, 0.15) is 15.9 Å². The number of carbonyl (C=O) groups excluding carboxylic acids is 2. The molecular formula is C23H22N2O3. The lowest BCUT2D eigenvalue weighted by Crippen LogP contribution is -2.27. The molecule has 0 N–H and O–H groups in total. The van der Waals surface area contributed by atoms with Gasteiger partial charge in [-0.1, -0.05) is 36.4 Å². The number of amides is 2. The molecular weight excluding hydrogens is 352 g/mol. The second-order valence-electron chi connectivity index (χ2n) is 7.27. The molecule has 0 spiro atoms. The zero-order chi connectivity index (χ0) is 19.8. The predicted octanol–water partition coefficient (Wildman–Crippen LogP) is 3.56. The monoisotopic (exact) mass is 374 g/mol. The van der Waals surface area contributed by atoms with Crippen molar-refractivity contribution in [3.8, 4) is 16.9 Å². The summed E-state index contributed by atoms with van der Waals surface area (Å²) < 4.78 is 5.79. The summed E-state index contributed by atoms with van der Waals surface area (Å²) >= 11 is 0. The number of hydrogen-bond acceptors (Lipinski definition) is 3. The average molecular weight is 374 g/mol. The summed E-state index contributed by atoms with van der Waals surface area (Å²) in [5.74, 6) is 0.673. The van der Waals surface area contributed by atoms with E-state index in [2.05, 4.69) is 12.1 Å². The lowest BCUT2D eigenvalue weighted by atomic mass is 9.95. The fourth-order valence-corrected chi connectivity index (χ4v) is 3.55. The number of likely N-dealkylation sites (N-methyl/N-ethyl adjacent to an activating group) is 1. The van der Waals surface area contributed by atoms with E-state index in [0.717, 1.165) is 33.0 Å². The first kappa shape index (κ1) is 18.0. The number of benzene rings is 3. The number of rotatable bonds is 4. The second-order valence-corrected chi connectivity index (χ2v) is 7.27. The molecule has 0 saturated carbocycles. The molecule has 3 aromatic rings. The van der Waals surface area contributed by atoms with Crippen LogP contribution in [0.15, 0.2) is 54.6 Å². The van der Waals surface area contributed by atoms with E-state index in [4.69, 9.17) is 4.74 Å². The van der Waals surface area contributed by atoms with Crippen molar-refractivity contribution in [1.82, 2.24) is 9.80 Å². The van der Waals surface area contributed by atoms with E-state index in [1.54, 1.807) is 19.0 Å². The second kappa shape index (κ2) is 7.00. The highest BCUT2D eigenvalue weighted by atomic mass is 16.5. The highest BCUT2D eigenvalue weighted by Gasteiger charge is 2.24. The van der Waals surface area contributed by atoms with Crippen molar-refractivity contribution >= 4 is 22.6 Å². The van der Waals surface area contributed by atoms with E-state index < -0.39 is 0 Å². The Morgan fingerprint density at radius 1 is 1.04 bits per heavy atom. The van der Waals surface area contributed by atoms with Crippen molar-refractivity contribution < 1.29 is 14.3 Å². The Morgan fingerprint density at radius 3 is 2.50 bits per heavy atom. The van der Waals surface area contributed by atoms with Crippen molar-refractivity contribution in [3.63, 3.8) is 0 Å². The van der Waals surface area contributed by atoms with Gasteiger partial charge in [0.05, 0.1) is 0 Å². The zero-order valence-corrected chi connectivity index (χ0v) is 16.2. The topological polar surface area (TPSA) is 49.9 Å². The molecule has 4 rings (SSSR count). The largest absolute Gasteiger partial charge is 0.483 e. The van der Waals surface area contributed by atoms with Gasteiger partial charge in [-0.2, -0.15) is 0 Å². The standard InChI is InChI=1S/C23H22N2O3/c1-24(2)22(26)14-28-21-11-10-17(19-6-4-5-7-20(19)21)15-8-9-18-16(12-15)13-25(3)23(18)27/h4-12H,13-14H2,1-3H3. The predicted molar refractivity (Wildman–Crippen MR) is 109 cm³/mol. The van der Waals surface area contributed by atoms with E-state index in [1.165, 1.54) is 4.90 Å². The van der Waals surface area contributed by atoms with E-state index in [0.29, 0.717) is 12.3 Å². The van der Waals surface area contributed by atoms with Gasteiger partial charge in [0.1, 0.15) is 5.75 Å². The summed E-state index contributed by atoms with van der Waals surface area (Å²) in [6, 6.07) is 17.9. The molecule has 1 aliphatic rings. The van der Waals surface area contributed by atoms with Crippen LogP contribution in [0.4, 0.5) is 0 Å². The fraction of sp³-hybridized carbons (Fsp3) is 0.217. The van der Waals surface area contributed by atoms with E-state index in [-0.39, 0.29) is 18.4 Å². The Kier molecular flexibility index (Phi) is 4.51. The summed E-state index contributed by atoms with van der Waals surface area (Å²) in [5, 5.41) is 2.01. The van der Waals surface area contributed by atoms with Crippen molar-refractivity contribution in [3.05, 3.63) is 65.7 Å². The first-order valence-corrected chi connectivity index (χ1v) is 9.19. The van der Waals surface area contributed by atoms with Gasteiger partial charge in [-0.05, 0) is 40.3 Å². The third kappa shape index (κ3) is 3.09. The van der Waals surface area contributed by atoms with Crippen LogP contribution in [0.5, 0.6) is 5.75 Å². The molecule has 5 heteroatoms. The van der Waals surface area contributed by atoms with Crippen molar-refractivity contribution in [1.29, 1.82) is 0 Å². The zero-order valence-electron chi connectivity index (χ0n) is 16.2. The molecule has 0 atom stereocenters. The Bertz CT molecular complexity index is 1090. The molecule has 0 fully saturated rings. The summed E-state index contributed by atoms with van der Waals surface area (Å²) in [6.07, 6.45) is 0. The van der Waals surface area contributed by atoms with E-state index >= 15 is 0 Å². The van der Waals surface area contributed by atoms with Gasteiger partial charge in [0.2, 0.25) is 0 Å². The maximum Gasteiger partial charge on any atom is 0.259 e. The maximum absolute atomic E-state index is 12.2. The maximum atomic E-state index is 12.2. The smallest absolute Gasteiger partial charge is 0.259 e. The third-order valence-electron chi connectivity index (χ3n) is 5.13. The molecule has 1 aliphatic heterocycles. The summed E-state index contributed by atoms with van der Waals surface area (Å²) in [6.45, 7) is 0.636. The van der Waals surface area contributed by atoms with Crippen LogP contribution < -0.4 is 4.74 Å². The van der Waals surface area contributed by atoms with Gasteiger partial charge < -0.3 is 14.5 Å². The molecule has 0 saturated heterocycles. The van der Waals surface area contributed by atoms with Crippen molar-refractivity contribution in [2.24, 2.45) is 0 Å². The molecule has 2 amide bonds. The summed E-state index contributed by atoms with van der Waals surface area (Å²) in [5.41, 5.74) is 3.96. The average Bonchev–Trinajstić information content (AvgIpc) is 2.98. The first-order chi connectivity index (χ1) is 13.5. The minimum Gasteiger partial charge on any atom is -0.483 e. The van der Waals surface area contributed by atoms with Crippen LogP contribution in [0.3, 0.4) is 0 Å². The SMILES string of the molecule is CN(C)C(=O)COc1ccc(-c2ccc3c(c2)CN(C)C3=O)c2ccccc12. The Balaban J connectivity index is 1.74. The van der Waals surface area contributed by atoms with Gasteiger partial charge in [0, 0.05) is 38.6 Å². The molecule has 0 radical (unpaired) electrons. The van der Waals surface area contributed by atoms with Gasteiger partial charge in [0.25, 0.3) is 11.8 Å². The van der Waals surface area contributed by atoms with Crippen molar-refractivity contribution in [2.45, 2.75) is 6.54 Å². The fourth-order valence-electron chi connectivity index (χ4n) is 3.55. The van der Waals surface area contributed by atoms with Gasteiger partial charge >= 0.3 is 0 Å². The molecule has 28 heavy (non-hydrogen) atoms. The normalized spacial score (nSPS) is 13.0. The first-order valence-electron chi connectivity index (χ1n) is 9.19. The highest BCUT2D eigenvalue weighted by Crippen LogP contribution is 2.36. The number of hydrogen-bond donors (Lipinski definition) is 0. The van der Waals surface area contributed by atoms with E-state index in [1.807, 2.05) is 49.5 Å². The highest BCUT2D eigenvalue weighted by molar-refractivity contribution is 6.02. The van der Waals surface area contributed by atoms with Crippen molar-refractivity contribution in [2.75, 3.05) is 27.7 Å². The van der Waals surface area contributed by atoms with Gasteiger partial charge in [-0.15, -0.1) is 0 Å². The van der Waals surface area contributed by atoms with Crippen LogP contribution in [-0.2, 0) is 11.3 Å². The number of nitrogens with zero attached hydrogens (tertiary/aromatic N) is 2. The molecule has 0 aromatic heterocycles. The van der Waals surface area contributed by atoms with Crippen LogP contribution in [0, 0.1) is 0 Å². The molecule has 142 valence electrons. The summed E-state index contributed by atoms with van der Waals surface area (Å²) in [7, 11) is 5.24. The number of fused-ring (bicyclic) bond motifs is 2. The molecule has 0 aliphatic carbocycles. The van der Waals surface area contributed by atoms with Gasteiger partial charge in [-0.25, -0.2) is 0 Å². The lowest BCUT2D eigenvalue weighted by Gasteiger charge is -2.15.